The van der Waals surface area contributed by atoms with Crippen LogP contribution in [0.5, 0.6) is 5.75 Å². The van der Waals surface area contributed by atoms with Gasteiger partial charge in [0.25, 0.3) is 0 Å². The first kappa shape index (κ1) is 13.5. The van der Waals surface area contributed by atoms with Crippen molar-refractivity contribution in [1.82, 2.24) is 0 Å². The number of hydrogen-bond acceptors (Lipinski definition) is 2. The minimum atomic E-state index is -0.931. The number of halogens is 2. The van der Waals surface area contributed by atoms with E-state index in [1.54, 1.807) is 18.2 Å². The number of fused-ring (bicyclic) bond motifs is 1. The van der Waals surface area contributed by atoms with Crippen molar-refractivity contribution in [3.05, 3.63) is 70.8 Å². The average molecular weight is 286 g/mol. The fourth-order valence-electron chi connectivity index (χ4n) is 2.22. The molecule has 106 valence electrons. The number of ketones is 1. The second-order valence-electron chi connectivity index (χ2n) is 4.79. The summed E-state index contributed by atoms with van der Waals surface area (Å²) in [5.41, 5.74) is 2.01. The molecule has 1 aliphatic heterocycles. The van der Waals surface area contributed by atoms with E-state index in [9.17, 15) is 13.6 Å². The standard InChI is InChI=1S/C17H12F2O2/c18-14-4-1-11(9-15(14)19)2-5-16(20)12-3-6-17-13(10-12)7-8-21-17/h1-6,9-10H,7-8H2. The van der Waals surface area contributed by atoms with Crippen LogP contribution in [0.1, 0.15) is 21.5 Å². The molecule has 0 bridgehead atoms. The Morgan fingerprint density at radius 1 is 1.10 bits per heavy atom. The van der Waals surface area contributed by atoms with Crippen LogP contribution in [-0.4, -0.2) is 12.4 Å². The molecule has 0 spiro atoms. The van der Waals surface area contributed by atoms with Crippen LogP contribution in [0.3, 0.4) is 0 Å². The highest BCUT2D eigenvalue weighted by Crippen LogP contribution is 2.26. The van der Waals surface area contributed by atoms with Gasteiger partial charge in [-0.3, -0.25) is 4.79 Å². The van der Waals surface area contributed by atoms with Crippen molar-refractivity contribution in [2.24, 2.45) is 0 Å². The fraction of sp³-hybridized carbons (Fsp3) is 0.118. The lowest BCUT2D eigenvalue weighted by atomic mass is 10.0. The molecule has 0 unspecified atom stereocenters. The van der Waals surface area contributed by atoms with Gasteiger partial charge in [0.1, 0.15) is 5.75 Å². The van der Waals surface area contributed by atoms with Crippen molar-refractivity contribution < 1.29 is 18.3 Å². The van der Waals surface area contributed by atoms with Crippen LogP contribution in [-0.2, 0) is 6.42 Å². The number of ether oxygens (including phenoxy) is 1. The Balaban J connectivity index is 1.79. The van der Waals surface area contributed by atoms with Crippen molar-refractivity contribution >= 4 is 11.9 Å². The van der Waals surface area contributed by atoms with Gasteiger partial charge in [-0.1, -0.05) is 12.1 Å². The molecular weight excluding hydrogens is 274 g/mol. The highest BCUT2D eigenvalue weighted by molar-refractivity contribution is 6.07. The summed E-state index contributed by atoms with van der Waals surface area (Å²) in [6, 6.07) is 8.78. The molecule has 2 aromatic carbocycles. The number of rotatable bonds is 3. The Labute approximate surface area is 120 Å². The Morgan fingerprint density at radius 3 is 2.76 bits per heavy atom. The molecule has 0 amide bonds. The number of carbonyl (C=O) groups excluding carboxylic acids is 1. The summed E-state index contributed by atoms with van der Waals surface area (Å²) < 4.78 is 31.3. The van der Waals surface area contributed by atoms with Gasteiger partial charge in [0.2, 0.25) is 0 Å². The number of hydrogen-bond donors (Lipinski definition) is 0. The van der Waals surface area contributed by atoms with E-state index in [0.717, 1.165) is 29.9 Å². The molecule has 4 heteroatoms. The van der Waals surface area contributed by atoms with Crippen molar-refractivity contribution in [1.29, 1.82) is 0 Å². The summed E-state index contributed by atoms with van der Waals surface area (Å²) >= 11 is 0. The minimum absolute atomic E-state index is 0.186. The van der Waals surface area contributed by atoms with Gasteiger partial charge in [-0.05, 0) is 47.5 Å². The third-order valence-electron chi connectivity index (χ3n) is 3.34. The fourth-order valence-corrected chi connectivity index (χ4v) is 2.22. The highest BCUT2D eigenvalue weighted by atomic mass is 19.2. The second-order valence-corrected chi connectivity index (χ2v) is 4.79. The zero-order chi connectivity index (χ0) is 14.8. The molecular formula is C17H12F2O2. The molecule has 1 aliphatic rings. The van der Waals surface area contributed by atoms with Crippen molar-refractivity contribution in [2.75, 3.05) is 6.61 Å². The van der Waals surface area contributed by atoms with E-state index < -0.39 is 11.6 Å². The van der Waals surface area contributed by atoms with Gasteiger partial charge in [0.05, 0.1) is 6.61 Å². The minimum Gasteiger partial charge on any atom is -0.493 e. The monoisotopic (exact) mass is 286 g/mol. The zero-order valence-corrected chi connectivity index (χ0v) is 11.1. The third-order valence-corrected chi connectivity index (χ3v) is 3.34. The summed E-state index contributed by atoms with van der Waals surface area (Å²) in [6.45, 7) is 0.637. The van der Waals surface area contributed by atoms with Crippen LogP contribution >= 0.6 is 0 Å². The van der Waals surface area contributed by atoms with E-state index in [1.807, 2.05) is 0 Å². The highest BCUT2D eigenvalue weighted by Gasteiger charge is 2.13. The largest absolute Gasteiger partial charge is 0.493 e. The number of benzene rings is 2. The van der Waals surface area contributed by atoms with E-state index in [-0.39, 0.29) is 5.78 Å². The summed E-state index contributed by atoms with van der Waals surface area (Å²) in [7, 11) is 0. The first-order chi connectivity index (χ1) is 10.1. The smallest absolute Gasteiger partial charge is 0.185 e. The maximum atomic E-state index is 13.1. The van der Waals surface area contributed by atoms with E-state index in [1.165, 1.54) is 18.2 Å². The van der Waals surface area contributed by atoms with Crippen molar-refractivity contribution in [2.45, 2.75) is 6.42 Å². The summed E-state index contributed by atoms with van der Waals surface area (Å²) in [5.74, 6) is -1.21. The second kappa shape index (κ2) is 5.48. The lowest BCUT2D eigenvalue weighted by Gasteiger charge is -2.01. The van der Waals surface area contributed by atoms with E-state index >= 15 is 0 Å². The SMILES string of the molecule is O=C(C=Cc1ccc(F)c(F)c1)c1ccc2c(c1)CCO2. The molecule has 0 saturated heterocycles. The van der Waals surface area contributed by atoms with Gasteiger partial charge >= 0.3 is 0 Å². The maximum Gasteiger partial charge on any atom is 0.185 e. The Kier molecular flexibility index (Phi) is 3.52. The lowest BCUT2D eigenvalue weighted by molar-refractivity contribution is 0.104. The molecule has 3 rings (SSSR count). The zero-order valence-electron chi connectivity index (χ0n) is 11.1. The molecule has 2 nitrogen and oxygen atoms in total. The summed E-state index contributed by atoms with van der Waals surface area (Å²) in [5, 5.41) is 0. The Bertz CT molecular complexity index is 736. The molecule has 0 atom stereocenters. The summed E-state index contributed by atoms with van der Waals surface area (Å²) in [4.78, 5) is 12.1. The van der Waals surface area contributed by atoms with Gasteiger partial charge in [-0.25, -0.2) is 8.78 Å². The third kappa shape index (κ3) is 2.84. The van der Waals surface area contributed by atoms with Crippen LogP contribution in [0.2, 0.25) is 0 Å². The molecule has 0 radical (unpaired) electrons. The van der Waals surface area contributed by atoms with E-state index in [2.05, 4.69) is 0 Å². The Morgan fingerprint density at radius 2 is 1.95 bits per heavy atom. The van der Waals surface area contributed by atoms with E-state index in [0.29, 0.717) is 17.7 Å². The topological polar surface area (TPSA) is 26.3 Å². The van der Waals surface area contributed by atoms with Crippen LogP contribution in [0.4, 0.5) is 8.78 Å². The van der Waals surface area contributed by atoms with Crippen molar-refractivity contribution in [3.8, 4) is 5.75 Å². The molecule has 0 aromatic heterocycles. The first-order valence-corrected chi connectivity index (χ1v) is 6.57. The van der Waals surface area contributed by atoms with Gasteiger partial charge in [0.15, 0.2) is 17.4 Å². The number of allylic oxidation sites excluding steroid dienone is 1. The average Bonchev–Trinajstić information content (AvgIpc) is 2.95. The van der Waals surface area contributed by atoms with Crippen LogP contribution in [0.25, 0.3) is 6.08 Å². The normalized spacial score (nSPS) is 13.2. The van der Waals surface area contributed by atoms with Gasteiger partial charge in [-0.2, -0.15) is 0 Å². The predicted molar refractivity (Wildman–Crippen MR) is 75.4 cm³/mol. The lowest BCUT2D eigenvalue weighted by Crippen LogP contribution is -1.95. The molecule has 0 aliphatic carbocycles. The number of carbonyl (C=O) groups is 1. The quantitative estimate of drug-likeness (QED) is 0.634. The molecule has 1 heterocycles. The van der Waals surface area contributed by atoms with E-state index in [4.69, 9.17) is 4.74 Å². The van der Waals surface area contributed by atoms with Crippen LogP contribution in [0.15, 0.2) is 42.5 Å². The molecule has 2 aromatic rings. The molecule has 0 saturated carbocycles. The maximum absolute atomic E-state index is 13.1. The van der Waals surface area contributed by atoms with Crippen LogP contribution < -0.4 is 4.74 Å². The summed E-state index contributed by atoms with van der Waals surface area (Å²) in [6.07, 6.45) is 3.61. The first-order valence-electron chi connectivity index (χ1n) is 6.57. The van der Waals surface area contributed by atoms with Crippen LogP contribution in [0, 0.1) is 11.6 Å². The molecule has 0 N–H and O–H groups in total. The van der Waals surface area contributed by atoms with Gasteiger partial charge in [-0.15, -0.1) is 0 Å². The van der Waals surface area contributed by atoms with Gasteiger partial charge in [0, 0.05) is 12.0 Å². The molecule has 0 fully saturated rings. The predicted octanol–water partition coefficient (Wildman–Crippen LogP) is 3.80. The van der Waals surface area contributed by atoms with Crippen molar-refractivity contribution in [3.63, 3.8) is 0 Å². The molecule has 21 heavy (non-hydrogen) atoms. The Hall–Kier alpha value is -2.49. The van der Waals surface area contributed by atoms with Gasteiger partial charge < -0.3 is 4.74 Å².